The average molecular weight is 261 g/mol. The van der Waals surface area contributed by atoms with Crippen molar-refractivity contribution in [2.45, 2.75) is 6.92 Å². The third-order valence-electron chi connectivity index (χ3n) is 2.53. The second-order valence-corrected chi connectivity index (χ2v) is 3.86. The molecule has 0 aliphatic heterocycles. The van der Waals surface area contributed by atoms with Crippen LogP contribution in [0.5, 0.6) is 5.88 Å². The molecule has 1 N–H and O–H groups in total. The van der Waals surface area contributed by atoms with Gasteiger partial charge >= 0.3 is 0 Å². The number of nitrogens with zero attached hydrogens (tertiary/aromatic N) is 2. The van der Waals surface area contributed by atoms with Crippen LogP contribution < -0.4 is 10.1 Å². The number of ether oxygens (including phenoxy) is 1. The van der Waals surface area contributed by atoms with E-state index >= 15 is 0 Å². The van der Waals surface area contributed by atoms with Crippen LogP contribution in [0, 0.1) is 12.7 Å². The van der Waals surface area contributed by atoms with Crippen molar-refractivity contribution in [3.63, 3.8) is 0 Å². The Kier molecular flexibility index (Phi) is 3.70. The lowest BCUT2D eigenvalue weighted by Gasteiger charge is -2.07. The van der Waals surface area contributed by atoms with E-state index in [1.165, 1.54) is 37.7 Å². The normalized spacial score (nSPS) is 10.1. The molecular formula is C13H12FN3O2. The van der Waals surface area contributed by atoms with Gasteiger partial charge in [-0.1, -0.05) is 0 Å². The SMILES string of the molecule is COc1cc(NC(=O)c2ccc(F)cc2C)ncn1. The molecule has 5 nitrogen and oxygen atoms in total. The van der Waals surface area contributed by atoms with Crippen LogP contribution >= 0.6 is 0 Å². The first kappa shape index (κ1) is 12.9. The zero-order valence-electron chi connectivity index (χ0n) is 10.5. The topological polar surface area (TPSA) is 64.1 Å². The van der Waals surface area contributed by atoms with Crippen LogP contribution in [0.4, 0.5) is 10.2 Å². The summed E-state index contributed by atoms with van der Waals surface area (Å²) in [5.41, 5.74) is 0.942. The Labute approximate surface area is 109 Å². The first-order valence-electron chi connectivity index (χ1n) is 5.53. The van der Waals surface area contributed by atoms with Crippen molar-refractivity contribution >= 4 is 11.7 Å². The molecule has 0 aliphatic rings. The van der Waals surface area contributed by atoms with Gasteiger partial charge in [-0.3, -0.25) is 4.79 Å². The third kappa shape index (κ3) is 3.04. The molecule has 2 aromatic rings. The smallest absolute Gasteiger partial charge is 0.257 e. The van der Waals surface area contributed by atoms with Gasteiger partial charge in [0.05, 0.1) is 7.11 Å². The van der Waals surface area contributed by atoms with Crippen LogP contribution in [0.1, 0.15) is 15.9 Å². The highest BCUT2D eigenvalue weighted by Gasteiger charge is 2.11. The van der Waals surface area contributed by atoms with E-state index in [0.29, 0.717) is 22.8 Å². The highest BCUT2D eigenvalue weighted by atomic mass is 19.1. The Balaban J connectivity index is 2.20. The minimum Gasteiger partial charge on any atom is -0.481 e. The summed E-state index contributed by atoms with van der Waals surface area (Å²) in [6.07, 6.45) is 1.28. The minimum atomic E-state index is -0.377. The second-order valence-electron chi connectivity index (χ2n) is 3.86. The number of amides is 1. The highest BCUT2D eigenvalue weighted by Crippen LogP contribution is 2.14. The number of aryl methyl sites for hydroxylation is 1. The quantitative estimate of drug-likeness (QED) is 0.919. The molecule has 0 radical (unpaired) electrons. The number of halogens is 1. The predicted octanol–water partition coefficient (Wildman–Crippen LogP) is 2.19. The zero-order valence-corrected chi connectivity index (χ0v) is 10.5. The van der Waals surface area contributed by atoms with E-state index in [1.807, 2.05) is 0 Å². The number of hydrogen-bond donors (Lipinski definition) is 1. The van der Waals surface area contributed by atoms with Gasteiger partial charge in [0.2, 0.25) is 5.88 Å². The molecule has 0 saturated carbocycles. The molecule has 2 rings (SSSR count). The fourth-order valence-electron chi connectivity index (χ4n) is 1.58. The molecule has 1 amide bonds. The molecule has 0 unspecified atom stereocenters. The second kappa shape index (κ2) is 5.43. The van der Waals surface area contributed by atoms with Gasteiger partial charge in [0.15, 0.2) is 0 Å². The molecule has 0 saturated heterocycles. The van der Waals surface area contributed by atoms with Gasteiger partial charge < -0.3 is 10.1 Å². The van der Waals surface area contributed by atoms with Crippen molar-refractivity contribution in [2.24, 2.45) is 0 Å². The maximum atomic E-state index is 13.0. The van der Waals surface area contributed by atoms with Gasteiger partial charge in [-0.15, -0.1) is 0 Å². The van der Waals surface area contributed by atoms with Crippen molar-refractivity contribution in [1.29, 1.82) is 0 Å². The highest BCUT2D eigenvalue weighted by molar-refractivity contribution is 6.04. The number of carbonyl (C=O) groups is 1. The van der Waals surface area contributed by atoms with E-state index in [0.717, 1.165) is 0 Å². The molecule has 0 spiro atoms. The summed E-state index contributed by atoms with van der Waals surface area (Å²) in [5, 5.41) is 2.60. The summed E-state index contributed by atoms with van der Waals surface area (Å²) in [5.74, 6) is -0.0716. The van der Waals surface area contributed by atoms with Crippen LogP contribution in [0.3, 0.4) is 0 Å². The molecule has 0 aliphatic carbocycles. The Hall–Kier alpha value is -2.50. The summed E-state index contributed by atoms with van der Waals surface area (Å²) in [6, 6.07) is 5.47. The number of hydrogen-bond acceptors (Lipinski definition) is 4. The molecule has 19 heavy (non-hydrogen) atoms. The monoisotopic (exact) mass is 261 g/mol. The van der Waals surface area contributed by atoms with Crippen molar-refractivity contribution in [3.8, 4) is 5.88 Å². The summed E-state index contributed by atoms with van der Waals surface area (Å²) in [7, 11) is 1.47. The molecular weight excluding hydrogens is 249 g/mol. The number of anilines is 1. The minimum absolute atomic E-state index is 0.320. The zero-order chi connectivity index (χ0) is 13.8. The Bertz CT molecular complexity index is 617. The molecule has 1 aromatic carbocycles. The van der Waals surface area contributed by atoms with Gasteiger partial charge in [0, 0.05) is 11.6 Å². The fourth-order valence-corrected chi connectivity index (χ4v) is 1.58. The largest absolute Gasteiger partial charge is 0.481 e. The van der Waals surface area contributed by atoms with E-state index in [1.54, 1.807) is 6.92 Å². The van der Waals surface area contributed by atoms with Crippen LogP contribution in [-0.4, -0.2) is 23.0 Å². The van der Waals surface area contributed by atoms with Gasteiger partial charge in [0.1, 0.15) is 18.0 Å². The lowest BCUT2D eigenvalue weighted by molar-refractivity contribution is 0.102. The number of nitrogens with one attached hydrogen (secondary N) is 1. The van der Waals surface area contributed by atoms with Gasteiger partial charge in [-0.25, -0.2) is 14.4 Å². The first-order valence-corrected chi connectivity index (χ1v) is 5.53. The maximum Gasteiger partial charge on any atom is 0.257 e. The molecule has 1 aromatic heterocycles. The Morgan fingerprint density at radius 3 is 2.79 bits per heavy atom. The number of rotatable bonds is 3. The molecule has 0 atom stereocenters. The van der Waals surface area contributed by atoms with Crippen LogP contribution in [0.15, 0.2) is 30.6 Å². The first-order chi connectivity index (χ1) is 9.10. The molecule has 1 heterocycles. The van der Waals surface area contributed by atoms with Crippen molar-refractivity contribution in [2.75, 3.05) is 12.4 Å². The van der Waals surface area contributed by atoms with Gasteiger partial charge in [0.25, 0.3) is 5.91 Å². The number of aromatic nitrogens is 2. The predicted molar refractivity (Wildman–Crippen MR) is 67.7 cm³/mol. The Morgan fingerprint density at radius 1 is 1.32 bits per heavy atom. The van der Waals surface area contributed by atoms with Gasteiger partial charge in [-0.05, 0) is 30.7 Å². The summed E-state index contributed by atoms with van der Waals surface area (Å²) in [6.45, 7) is 1.67. The van der Waals surface area contributed by atoms with Crippen molar-refractivity contribution in [1.82, 2.24) is 9.97 Å². The number of methoxy groups -OCH3 is 1. The Morgan fingerprint density at radius 2 is 2.11 bits per heavy atom. The van der Waals surface area contributed by atoms with E-state index in [2.05, 4.69) is 15.3 Å². The van der Waals surface area contributed by atoms with Gasteiger partial charge in [-0.2, -0.15) is 0 Å². The van der Waals surface area contributed by atoms with Crippen LogP contribution in [0.2, 0.25) is 0 Å². The summed E-state index contributed by atoms with van der Waals surface area (Å²) < 4.78 is 17.9. The average Bonchev–Trinajstić information content (AvgIpc) is 2.38. The fraction of sp³-hybridized carbons (Fsp3) is 0.154. The third-order valence-corrected chi connectivity index (χ3v) is 2.53. The molecule has 0 bridgehead atoms. The lowest BCUT2D eigenvalue weighted by Crippen LogP contribution is -2.14. The van der Waals surface area contributed by atoms with Crippen LogP contribution in [-0.2, 0) is 0 Å². The van der Waals surface area contributed by atoms with E-state index in [4.69, 9.17) is 4.74 Å². The van der Waals surface area contributed by atoms with E-state index < -0.39 is 0 Å². The molecule has 98 valence electrons. The van der Waals surface area contributed by atoms with E-state index in [-0.39, 0.29) is 11.7 Å². The molecule has 6 heteroatoms. The molecule has 0 fully saturated rings. The maximum absolute atomic E-state index is 13.0. The standard InChI is InChI=1S/C13H12FN3O2/c1-8-5-9(14)3-4-10(8)13(18)17-11-6-12(19-2)16-7-15-11/h3-7H,1-2H3,(H,15,16,17,18). The number of carbonyl (C=O) groups excluding carboxylic acids is 1. The van der Waals surface area contributed by atoms with Crippen molar-refractivity contribution < 1.29 is 13.9 Å². The van der Waals surface area contributed by atoms with Crippen molar-refractivity contribution in [3.05, 3.63) is 47.5 Å². The van der Waals surface area contributed by atoms with Crippen LogP contribution in [0.25, 0.3) is 0 Å². The van der Waals surface area contributed by atoms with E-state index in [9.17, 15) is 9.18 Å². The summed E-state index contributed by atoms with van der Waals surface area (Å²) >= 11 is 0. The number of benzene rings is 1. The summed E-state index contributed by atoms with van der Waals surface area (Å²) in [4.78, 5) is 19.7. The lowest BCUT2D eigenvalue weighted by atomic mass is 10.1.